The van der Waals surface area contributed by atoms with Crippen LogP contribution >= 0.6 is 11.6 Å². The van der Waals surface area contributed by atoms with Crippen LogP contribution in [0.2, 0.25) is 5.02 Å². The maximum Gasteiger partial charge on any atom is 0.347 e. The van der Waals surface area contributed by atoms with Crippen LogP contribution in [-0.4, -0.2) is 30.0 Å². The van der Waals surface area contributed by atoms with Crippen molar-refractivity contribution in [3.05, 3.63) is 47.6 Å². The van der Waals surface area contributed by atoms with E-state index in [1.165, 1.54) is 18.9 Å². The molecule has 6 nitrogen and oxygen atoms in total. The maximum absolute atomic E-state index is 12.5. The normalized spacial score (nSPS) is 10.6. The van der Waals surface area contributed by atoms with Crippen LogP contribution in [0.25, 0.3) is 10.9 Å². The van der Waals surface area contributed by atoms with E-state index in [1.54, 1.807) is 18.3 Å². The van der Waals surface area contributed by atoms with Gasteiger partial charge < -0.3 is 14.8 Å². The average Bonchev–Trinajstić information content (AvgIpc) is 2.99. The summed E-state index contributed by atoms with van der Waals surface area (Å²) in [7, 11) is 3.01. The van der Waals surface area contributed by atoms with Crippen molar-refractivity contribution in [2.75, 3.05) is 19.5 Å². The molecule has 1 heterocycles. The molecule has 0 fully saturated rings. The van der Waals surface area contributed by atoms with Crippen molar-refractivity contribution in [3.8, 4) is 11.5 Å². The zero-order chi connectivity index (χ0) is 16.4. The number of methoxy groups -OCH3 is 2. The van der Waals surface area contributed by atoms with Crippen LogP contribution in [0.1, 0.15) is 0 Å². The summed E-state index contributed by atoms with van der Waals surface area (Å²) in [5, 5.41) is 8.10. The van der Waals surface area contributed by atoms with E-state index in [0.29, 0.717) is 27.7 Å². The molecule has 0 saturated heterocycles. The first-order chi connectivity index (χ1) is 11.1. The van der Waals surface area contributed by atoms with E-state index in [-0.39, 0.29) is 0 Å². The third-order valence-electron chi connectivity index (χ3n) is 3.39. The fourth-order valence-corrected chi connectivity index (χ4v) is 2.50. The number of rotatable bonds is 3. The van der Waals surface area contributed by atoms with Crippen molar-refractivity contribution in [1.82, 2.24) is 9.78 Å². The molecule has 7 heteroatoms. The van der Waals surface area contributed by atoms with E-state index >= 15 is 0 Å². The molecule has 0 spiro atoms. The van der Waals surface area contributed by atoms with E-state index in [1.807, 2.05) is 24.3 Å². The van der Waals surface area contributed by atoms with Crippen LogP contribution < -0.4 is 14.8 Å². The Morgan fingerprint density at radius 1 is 1.17 bits per heavy atom. The molecule has 0 aliphatic rings. The molecule has 0 radical (unpaired) electrons. The topological polar surface area (TPSA) is 65.4 Å². The maximum atomic E-state index is 12.5. The fourth-order valence-electron chi connectivity index (χ4n) is 2.26. The first-order valence-electron chi connectivity index (χ1n) is 6.79. The van der Waals surface area contributed by atoms with Gasteiger partial charge in [0.1, 0.15) is 11.5 Å². The van der Waals surface area contributed by atoms with Gasteiger partial charge in [0.2, 0.25) is 0 Å². The van der Waals surface area contributed by atoms with E-state index in [9.17, 15) is 4.79 Å². The molecule has 1 N–H and O–H groups in total. The lowest BCUT2D eigenvalue weighted by Gasteiger charge is -2.13. The Balaban J connectivity index is 1.95. The molecule has 0 saturated carbocycles. The minimum Gasteiger partial charge on any atom is -0.495 e. The van der Waals surface area contributed by atoms with Gasteiger partial charge in [0.25, 0.3) is 0 Å². The Morgan fingerprint density at radius 3 is 2.65 bits per heavy atom. The van der Waals surface area contributed by atoms with Crippen molar-refractivity contribution < 1.29 is 14.3 Å². The summed E-state index contributed by atoms with van der Waals surface area (Å²) in [5.41, 5.74) is 1.14. The number of fused-ring (bicyclic) bond motifs is 1. The summed E-state index contributed by atoms with van der Waals surface area (Å²) >= 11 is 6.11. The minimum atomic E-state index is -0.411. The SMILES string of the molecule is COc1cc(OC)c(NC(=O)n2ncc3ccccc32)cc1Cl. The highest BCUT2D eigenvalue weighted by molar-refractivity contribution is 6.32. The molecule has 118 valence electrons. The van der Waals surface area contributed by atoms with Crippen LogP contribution in [0.15, 0.2) is 42.6 Å². The number of halogens is 1. The summed E-state index contributed by atoms with van der Waals surface area (Å²) < 4.78 is 11.7. The number of hydrogen-bond acceptors (Lipinski definition) is 4. The standard InChI is InChI=1S/C16H14ClN3O3/c1-22-14-8-15(23-2)12(7-11(14)17)19-16(21)20-13-6-4-3-5-10(13)9-18-20/h3-9H,1-2H3,(H,19,21). The van der Waals surface area contributed by atoms with Gasteiger partial charge in [-0.1, -0.05) is 29.8 Å². The largest absolute Gasteiger partial charge is 0.495 e. The van der Waals surface area contributed by atoms with E-state index in [4.69, 9.17) is 21.1 Å². The number of benzene rings is 2. The van der Waals surface area contributed by atoms with Crippen molar-refractivity contribution in [2.24, 2.45) is 0 Å². The number of hydrogen-bond donors (Lipinski definition) is 1. The quantitative estimate of drug-likeness (QED) is 0.793. The zero-order valence-electron chi connectivity index (χ0n) is 12.5. The van der Waals surface area contributed by atoms with Gasteiger partial charge in [-0.25, -0.2) is 4.79 Å². The Kier molecular flexibility index (Phi) is 4.08. The summed E-state index contributed by atoms with van der Waals surface area (Å²) in [4.78, 5) is 12.5. The monoisotopic (exact) mass is 331 g/mol. The lowest BCUT2D eigenvalue weighted by molar-refractivity contribution is 0.251. The number of carbonyl (C=O) groups is 1. The molecule has 0 bridgehead atoms. The van der Waals surface area contributed by atoms with Gasteiger partial charge in [-0.2, -0.15) is 9.78 Å². The molecule has 23 heavy (non-hydrogen) atoms. The molecule has 3 aromatic rings. The highest BCUT2D eigenvalue weighted by atomic mass is 35.5. The number of para-hydroxylation sites is 1. The molecule has 0 unspecified atom stereocenters. The second-order valence-electron chi connectivity index (χ2n) is 4.73. The molecule has 1 aromatic heterocycles. The second-order valence-corrected chi connectivity index (χ2v) is 5.14. The van der Waals surface area contributed by atoms with Crippen molar-refractivity contribution >= 4 is 34.2 Å². The van der Waals surface area contributed by atoms with Crippen molar-refractivity contribution in [2.45, 2.75) is 0 Å². The van der Waals surface area contributed by atoms with Gasteiger partial charge >= 0.3 is 6.03 Å². The molecule has 3 rings (SSSR count). The molecule has 0 aliphatic heterocycles. The van der Waals surface area contributed by atoms with Crippen LogP contribution in [-0.2, 0) is 0 Å². The van der Waals surface area contributed by atoms with Crippen molar-refractivity contribution in [3.63, 3.8) is 0 Å². The predicted molar refractivity (Wildman–Crippen MR) is 88.7 cm³/mol. The third-order valence-corrected chi connectivity index (χ3v) is 3.68. The predicted octanol–water partition coefficient (Wildman–Crippen LogP) is 3.79. The number of carbonyl (C=O) groups excluding carboxylic acids is 1. The number of anilines is 1. The van der Waals surface area contributed by atoms with Crippen LogP contribution in [0.3, 0.4) is 0 Å². The number of ether oxygens (including phenoxy) is 2. The summed E-state index contributed by atoms with van der Waals surface area (Å²) in [6.07, 6.45) is 1.63. The fraction of sp³-hybridized carbons (Fsp3) is 0.125. The van der Waals surface area contributed by atoms with E-state index < -0.39 is 6.03 Å². The molecule has 1 amide bonds. The number of aromatic nitrogens is 2. The van der Waals surface area contributed by atoms with Crippen LogP contribution in [0.4, 0.5) is 10.5 Å². The zero-order valence-corrected chi connectivity index (χ0v) is 13.3. The Labute approximate surface area is 137 Å². The van der Waals surface area contributed by atoms with Gasteiger partial charge in [0.05, 0.1) is 36.6 Å². The summed E-state index contributed by atoms with van der Waals surface area (Å²) in [6, 6.07) is 10.2. The van der Waals surface area contributed by atoms with Gasteiger partial charge in [0, 0.05) is 11.5 Å². The first-order valence-corrected chi connectivity index (χ1v) is 7.17. The smallest absolute Gasteiger partial charge is 0.347 e. The van der Waals surface area contributed by atoms with Crippen LogP contribution in [0, 0.1) is 0 Å². The van der Waals surface area contributed by atoms with Crippen molar-refractivity contribution in [1.29, 1.82) is 0 Å². The molecule has 2 aromatic carbocycles. The van der Waals surface area contributed by atoms with Crippen LogP contribution in [0.5, 0.6) is 11.5 Å². The molecular formula is C16H14ClN3O3. The Bertz CT molecular complexity index is 876. The Hall–Kier alpha value is -2.73. The lowest BCUT2D eigenvalue weighted by atomic mass is 10.2. The number of nitrogens with zero attached hydrogens (tertiary/aromatic N) is 2. The van der Waals surface area contributed by atoms with Gasteiger partial charge in [-0.05, 0) is 12.1 Å². The minimum absolute atomic E-state index is 0.369. The summed E-state index contributed by atoms with van der Waals surface area (Å²) in [5.74, 6) is 0.905. The summed E-state index contributed by atoms with van der Waals surface area (Å²) in [6.45, 7) is 0. The van der Waals surface area contributed by atoms with E-state index in [2.05, 4.69) is 10.4 Å². The van der Waals surface area contributed by atoms with E-state index in [0.717, 1.165) is 5.39 Å². The highest BCUT2D eigenvalue weighted by Gasteiger charge is 2.15. The third kappa shape index (κ3) is 2.80. The van der Waals surface area contributed by atoms with Gasteiger partial charge in [-0.15, -0.1) is 0 Å². The molecular weight excluding hydrogens is 318 g/mol. The lowest BCUT2D eigenvalue weighted by Crippen LogP contribution is -2.20. The molecule has 0 aliphatic carbocycles. The number of amides is 1. The molecule has 0 atom stereocenters. The van der Waals surface area contributed by atoms with Gasteiger partial charge in [0.15, 0.2) is 0 Å². The average molecular weight is 332 g/mol. The van der Waals surface area contributed by atoms with Gasteiger partial charge in [-0.3, -0.25) is 0 Å². The number of nitrogens with one attached hydrogen (secondary N) is 1. The Morgan fingerprint density at radius 2 is 1.91 bits per heavy atom. The second kappa shape index (κ2) is 6.18. The highest BCUT2D eigenvalue weighted by Crippen LogP contribution is 2.36. The first kappa shape index (κ1) is 15.2.